The van der Waals surface area contributed by atoms with E-state index in [2.05, 4.69) is 5.32 Å². The number of benzene rings is 1. The lowest BCUT2D eigenvalue weighted by Crippen LogP contribution is -2.26. The molecule has 1 N–H and O–H groups in total. The first kappa shape index (κ1) is 21.5. The van der Waals surface area contributed by atoms with Crippen LogP contribution in [0.4, 0.5) is 0 Å². The van der Waals surface area contributed by atoms with Gasteiger partial charge in [-0.2, -0.15) is 0 Å². The van der Waals surface area contributed by atoms with Gasteiger partial charge in [0.2, 0.25) is 5.91 Å². The summed E-state index contributed by atoms with van der Waals surface area (Å²) in [7, 11) is 1.56. The Morgan fingerprint density at radius 2 is 1.86 bits per heavy atom. The van der Waals surface area contributed by atoms with Crippen LogP contribution in [0.3, 0.4) is 0 Å². The van der Waals surface area contributed by atoms with Gasteiger partial charge in [-0.3, -0.25) is 4.79 Å². The standard InChI is InChI=1S/C21H27NO6/c1-13-15-8-10-17(27-3)14(2)20(15)28-21(26)16(13)9-11-18(23)22-12-6-4-5-7-19(24)25/h8,10H,4-7,9,11-12H2,1-3H3,(H,22,23)(H,24,25)/p-1. The van der Waals surface area contributed by atoms with Gasteiger partial charge in [-0.1, -0.05) is 6.42 Å². The number of hydrogen-bond acceptors (Lipinski definition) is 6. The van der Waals surface area contributed by atoms with Crippen molar-refractivity contribution in [2.75, 3.05) is 13.7 Å². The van der Waals surface area contributed by atoms with E-state index in [1.807, 2.05) is 26.0 Å². The Labute approximate surface area is 163 Å². The number of fused-ring (bicyclic) bond motifs is 1. The fraction of sp³-hybridized carbons (Fsp3) is 0.476. The number of unbranched alkanes of at least 4 members (excludes halogenated alkanes) is 2. The number of hydrogen-bond donors (Lipinski definition) is 1. The predicted molar refractivity (Wildman–Crippen MR) is 103 cm³/mol. The highest BCUT2D eigenvalue weighted by molar-refractivity contribution is 5.85. The average molecular weight is 388 g/mol. The van der Waals surface area contributed by atoms with Crippen molar-refractivity contribution in [1.82, 2.24) is 5.32 Å². The van der Waals surface area contributed by atoms with E-state index < -0.39 is 11.6 Å². The molecule has 2 aromatic rings. The molecule has 1 aromatic heterocycles. The molecule has 0 radical (unpaired) electrons. The number of nitrogens with one attached hydrogen (secondary N) is 1. The zero-order valence-electron chi connectivity index (χ0n) is 16.6. The third-order valence-corrected chi connectivity index (χ3v) is 4.86. The van der Waals surface area contributed by atoms with Crippen LogP contribution in [0.5, 0.6) is 5.75 Å². The Hall–Kier alpha value is -2.83. The van der Waals surface area contributed by atoms with Crippen LogP contribution in [-0.4, -0.2) is 25.5 Å². The second-order valence-electron chi connectivity index (χ2n) is 6.80. The van der Waals surface area contributed by atoms with Gasteiger partial charge in [-0.25, -0.2) is 4.79 Å². The van der Waals surface area contributed by atoms with Crippen LogP contribution in [0.25, 0.3) is 11.0 Å². The summed E-state index contributed by atoms with van der Waals surface area (Å²) in [6.45, 7) is 4.18. The molecule has 7 heteroatoms. The molecule has 28 heavy (non-hydrogen) atoms. The molecule has 7 nitrogen and oxygen atoms in total. The lowest BCUT2D eigenvalue weighted by molar-refractivity contribution is -0.305. The summed E-state index contributed by atoms with van der Waals surface area (Å²) in [5.74, 6) is -0.547. The first-order valence-corrected chi connectivity index (χ1v) is 9.41. The zero-order valence-corrected chi connectivity index (χ0v) is 16.6. The number of methoxy groups -OCH3 is 1. The third kappa shape index (κ3) is 5.34. The number of carboxylic acids is 1. The number of ether oxygens (including phenoxy) is 1. The van der Waals surface area contributed by atoms with Gasteiger partial charge in [0.15, 0.2) is 0 Å². The Balaban J connectivity index is 1.96. The second kappa shape index (κ2) is 9.92. The molecular weight excluding hydrogens is 362 g/mol. The topological polar surface area (TPSA) is 109 Å². The minimum atomic E-state index is -1.05. The Bertz CT molecular complexity index is 915. The number of carbonyl (C=O) groups excluding carboxylic acids is 2. The molecule has 0 unspecified atom stereocenters. The summed E-state index contributed by atoms with van der Waals surface area (Å²) in [6.07, 6.45) is 2.48. The quantitative estimate of drug-likeness (QED) is 0.491. The summed E-state index contributed by atoms with van der Waals surface area (Å²) in [5.41, 5.74) is 2.15. The Morgan fingerprint density at radius 3 is 2.54 bits per heavy atom. The number of aryl methyl sites for hydroxylation is 2. The van der Waals surface area contributed by atoms with Gasteiger partial charge < -0.3 is 24.4 Å². The Morgan fingerprint density at radius 1 is 1.11 bits per heavy atom. The van der Waals surface area contributed by atoms with Crippen molar-refractivity contribution in [2.45, 2.75) is 52.4 Å². The van der Waals surface area contributed by atoms with Gasteiger partial charge in [-0.05, 0) is 57.2 Å². The molecule has 0 atom stereocenters. The van der Waals surface area contributed by atoms with E-state index in [-0.39, 0.29) is 18.7 Å². The fourth-order valence-corrected chi connectivity index (χ4v) is 3.21. The smallest absolute Gasteiger partial charge is 0.339 e. The molecule has 1 heterocycles. The minimum Gasteiger partial charge on any atom is -0.550 e. The highest BCUT2D eigenvalue weighted by Crippen LogP contribution is 2.29. The molecule has 0 saturated heterocycles. The van der Waals surface area contributed by atoms with Crippen molar-refractivity contribution in [1.29, 1.82) is 0 Å². The minimum absolute atomic E-state index is 0.0380. The number of aliphatic carboxylic acids is 1. The maximum Gasteiger partial charge on any atom is 0.339 e. The molecule has 0 aliphatic carbocycles. The monoisotopic (exact) mass is 388 g/mol. The molecule has 0 bridgehead atoms. The first-order valence-electron chi connectivity index (χ1n) is 9.41. The molecule has 1 aromatic carbocycles. The van der Waals surface area contributed by atoms with Crippen molar-refractivity contribution >= 4 is 22.8 Å². The molecule has 0 fully saturated rings. The van der Waals surface area contributed by atoms with Gasteiger partial charge >= 0.3 is 5.63 Å². The molecule has 0 aliphatic heterocycles. The van der Waals surface area contributed by atoms with Gasteiger partial charge in [0, 0.05) is 35.4 Å². The van der Waals surface area contributed by atoms with E-state index >= 15 is 0 Å². The van der Waals surface area contributed by atoms with Crippen molar-refractivity contribution < 1.29 is 23.8 Å². The molecule has 0 spiro atoms. The highest BCUT2D eigenvalue weighted by Gasteiger charge is 2.15. The van der Waals surface area contributed by atoms with Crippen LogP contribution >= 0.6 is 0 Å². The maximum atomic E-state index is 12.4. The summed E-state index contributed by atoms with van der Waals surface area (Å²) in [4.78, 5) is 34.8. The summed E-state index contributed by atoms with van der Waals surface area (Å²) >= 11 is 0. The molecule has 152 valence electrons. The van der Waals surface area contributed by atoms with Crippen LogP contribution in [0, 0.1) is 13.8 Å². The van der Waals surface area contributed by atoms with Crippen molar-refractivity contribution in [3.8, 4) is 5.75 Å². The van der Waals surface area contributed by atoms with E-state index in [0.717, 1.165) is 16.5 Å². The van der Waals surface area contributed by atoms with Gasteiger partial charge in [0.1, 0.15) is 11.3 Å². The van der Waals surface area contributed by atoms with Crippen LogP contribution in [-0.2, 0) is 16.0 Å². The Kier molecular flexibility index (Phi) is 7.61. The maximum absolute atomic E-state index is 12.4. The summed E-state index contributed by atoms with van der Waals surface area (Å²) < 4.78 is 10.8. The van der Waals surface area contributed by atoms with Gasteiger partial charge in [0.05, 0.1) is 7.11 Å². The largest absolute Gasteiger partial charge is 0.550 e. The highest BCUT2D eigenvalue weighted by atomic mass is 16.5. The third-order valence-electron chi connectivity index (χ3n) is 4.86. The lowest BCUT2D eigenvalue weighted by atomic mass is 10.0. The number of amides is 1. The van der Waals surface area contributed by atoms with E-state index in [1.165, 1.54) is 0 Å². The van der Waals surface area contributed by atoms with Gasteiger partial charge in [-0.15, -0.1) is 0 Å². The SMILES string of the molecule is COc1ccc2c(C)c(CCC(=O)NCCCCCC(=O)[O-])c(=O)oc2c1C. The van der Waals surface area contributed by atoms with Crippen molar-refractivity contribution in [3.05, 3.63) is 39.2 Å². The van der Waals surface area contributed by atoms with Crippen LogP contribution < -0.4 is 20.8 Å². The summed E-state index contributed by atoms with van der Waals surface area (Å²) in [6, 6.07) is 3.69. The van der Waals surface area contributed by atoms with E-state index in [1.54, 1.807) is 7.11 Å². The van der Waals surface area contributed by atoms with Crippen LogP contribution in [0.1, 0.15) is 48.8 Å². The molecule has 0 aliphatic rings. The normalized spacial score (nSPS) is 10.8. The van der Waals surface area contributed by atoms with Crippen molar-refractivity contribution in [3.63, 3.8) is 0 Å². The lowest BCUT2D eigenvalue weighted by Gasteiger charge is -2.11. The molecule has 1 amide bonds. The predicted octanol–water partition coefficient (Wildman–Crippen LogP) is 1.78. The molecular formula is C21H26NO6-. The second-order valence-corrected chi connectivity index (χ2v) is 6.80. The zero-order chi connectivity index (χ0) is 20.7. The van der Waals surface area contributed by atoms with E-state index in [9.17, 15) is 19.5 Å². The first-order chi connectivity index (χ1) is 13.3. The number of carbonyl (C=O) groups is 2. The number of carboxylic acid groups (broad SMARTS) is 1. The molecule has 2 rings (SSSR count). The van der Waals surface area contributed by atoms with E-state index in [4.69, 9.17) is 9.15 Å². The average Bonchev–Trinajstić information content (AvgIpc) is 2.65. The fourth-order valence-electron chi connectivity index (χ4n) is 3.21. The van der Waals surface area contributed by atoms with Crippen LogP contribution in [0.15, 0.2) is 21.3 Å². The number of rotatable bonds is 10. The van der Waals surface area contributed by atoms with Gasteiger partial charge in [0.25, 0.3) is 0 Å². The van der Waals surface area contributed by atoms with Crippen LogP contribution in [0.2, 0.25) is 0 Å². The summed E-state index contributed by atoms with van der Waals surface area (Å²) in [5, 5.41) is 14.0. The van der Waals surface area contributed by atoms with E-state index in [0.29, 0.717) is 49.1 Å². The van der Waals surface area contributed by atoms with Crippen molar-refractivity contribution in [2.24, 2.45) is 0 Å². The molecule has 0 saturated carbocycles.